The zero-order valence-corrected chi connectivity index (χ0v) is 21.4. The molecule has 8 nitrogen and oxygen atoms in total. The molecule has 4 aromatic rings. The first-order valence-electron chi connectivity index (χ1n) is 12.4. The van der Waals surface area contributed by atoms with E-state index in [1.165, 1.54) is 30.6 Å². The Balaban J connectivity index is 1.26. The van der Waals surface area contributed by atoms with Crippen LogP contribution in [-0.4, -0.2) is 64.0 Å². The SMILES string of the molecule is CN1CCN(Cc2ccc(NC(=O)Nc3cc(C#Cc4cnc5[nH]ccc5c4F)ccn3)cc2C(F)(F)F)CC1. The molecule has 0 atom stereocenters. The van der Waals surface area contributed by atoms with Gasteiger partial charge in [0.15, 0.2) is 5.82 Å². The molecule has 1 aliphatic rings. The van der Waals surface area contributed by atoms with E-state index in [1.807, 2.05) is 11.9 Å². The lowest BCUT2D eigenvalue weighted by Crippen LogP contribution is -2.44. The van der Waals surface area contributed by atoms with Crippen molar-refractivity contribution < 1.29 is 22.4 Å². The molecule has 0 aliphatic carbocycles. The minimum absolute atomic E-state index is 0.00831. The van der Waals surface area contributed by atoms with Gasteiger partial charge in [-0.25, -0.2) is 19.2 Å². The van der Waals surface area contributed by atoms with Gasteiger partial charge in [-0.15, -0.1) is 0 Å². The average molecular weight is 552 g/mol. The maximum Gasteiger partial charge on any atom is 0.416 e. The van der Waals surface area contributed by atoms with Crippen molar-refractivity contribution in [3.05, 3.63) is 83.1 Å². The van der Waals surface area contributed by atoms with Gasteiger partial charge in [0, 0.05) is 62.6 Å². The summed E-state index contributed by atoms with van der Waals surface area (Å²) in [7, 11) is 1.98. The summed E-state index contributed by atoms with van der Waals surface area (Å²) in [5, 5.41) is 5.24. The monoisotopic (exact) mass is 551 g/mol. The normalized spacial score (nSPS) is 14.5. The summed E-state index contributed by atoms with van der Waals surface area (Å²) in [6.07, 6.45) is -0.277. The number of urea groups is 1. The molecule has 3 N–H and O–H groups in total. The molecule has 1 aromatic carbocycles. The first-order valence-corrected chi connectivity index (χ1v) is 12.4. The van der Waals surface area contributed by atoms with Gasteiger partial charge < -0.3 is 15.2 Å². The first-order chi connectivity index (χ1) is 19.2. The Morgan fingerprint density at radius 3 is 2.62 bits per heavy atom. The summed E-state index contributed by atoms with van der Waals surface area (Å²) in [6.45, 7) is 3.12. The predicted molar refractivity (Wildman–Crippen MR) is 143 cm³/mol. The molecule has 12 heteroatoms. The van der Waals surface area contributed by atoms with Gasteiger partial charge in [-0.3, -0.25) is 10.2 Å². The Bertz CT molecular complexity index is 1600. The quantitative estimate of drug-likeness (QED) is 0.248. The Morgan fingerprint density at radius 2 is 1.85 bits per heavy atom. The zero-order valence-electron chi connectivity index (χ0n) is 21.4. The number of fused-ring (bicyclic) bond motifs is 1. The van der Waals surface area contributed by atoms with Crippen LogP contribution < -0.4 is 10.6 Å². The molecule has 40 heavy (non-hydrogen) atoms. The third-order valence-corrected chi connectivity index (χ3v) is 6.53. The van der Waals surface area contributed by atoms with Gasteiger partial charge in [-0.1, -0.05) is 17.9 Å². The van der Waals surface area contributed by atoms with E-state index < -0.39 is 23.6 Å². The zero-order chi connectivity index (χ0) is 28.3. The second-order valence-corrected chi connectivity index (χ2v) is 9.43. The van der Waals surface area contributed by atoms with E-state index in [0.717, 1.165) is 19.2 Å². The second-order valence-electron chi connectivity index (χ2n) is 9.43. The highest BCUT2D eigenvalue weighted by atomic mass is 19.4. The van der Waals surface area contributed by atoms with Crippen LogP contribution in [0.1, 0.15) is 22.3 Å². The minimum atomic E-state index is -4.58. The summed E-state index contributed by atoms with van der Waals surface area (Å²) < 4.78 is 56.1. The lowest BCUT2D eigenvalue weighted by Gasteiger charge is -2.33. The van der Waals surface area contributed by atoms with E-state index in [2.05, 4.69) is 42.3 Å². The Labute approximate surface area is 227 Å². The number of H-pyrrole nitrogens is 1. The highest BCUT2D eigenvalue weighted by molar-refractivity contribution is 5.99. The molecule has 0 radical (unpaired) electrons. The van der Waals surface area contributed by atoms with E-state index in [0.29, 0.717) is 29.7 Å². The molecule has 0 unspecified atom stereocenters. The van der Waals surface area contributed by atoms with Crippen LogP contribution in [0.2, 0.25) is 0 Å². The van der Waals surface area contributed by atoms with Crippen molar-refractivity contribution >= 4 is 28.6 Å². The van der Waals surface area contributed by atoms with Gasteiger partial charge in [0.1, 0.15) is 11.5 Å². The van der Waals surface area contributed by atoms with Crippen LogP contribution in [0.15, 0.2) is 55.0 Å². The van der Waals surface area contributed by atoms with Crippen LogP contribution in [0, 0.1) is 17.7 Å². The van der Waals surface area contributed by atoms with Crippen LogP contribution in [-0.2, 0) is 12.7 Å². The average Bonchev–Trinajstić information content (AvgIpc) is 3.40. The number of nitrogens with one attached hydrogen (secondary N) is 3. The number of benzene rings is 1. The molecule has 206 valence electrons. The third-order valence-electron chi connectivity index (χ3n) is 6.53. The second kappa shape index (κ2) is 11.3. The van der Waals surface area contributed by atoms with Crippen LogP contribution in [0.5, 0.6) is 0 Å². The molecule has 1 aliphatic heterocycles. The van der Waals surface area contributed by atoms with Crippen molar-refractivity contribution in [2.45, 2.75) is 12.7 Å². The highest BCUT2D eigenvalue weighted by Crippen LogP contribution is 2.34. The number of carbonyl (C=O) groups excluding carboxylic acids is 1. The van der Waals surface area contributed by atoms with Crippen molar-refractivity contribution in [2.24, 2.45) is 0 Å². The summed E-state index contributed by atoms with van der Waals surface area (Å²) in [6, 6.07) is 7.60. The largest absolute Gasteiger partial charge is 0.416 e. The molecule has 1 saturated heterocycles. The number of halogens is 4. The van der Waals surface area contributed by atoms with Gasteiger partial charge in [-0.05, 0) is 42.9 Å². The maximum atomic E-state index is 14.6. The lowest BCUT2D eigenvalue weighted by atomic mass is 10.0. The number of aromatic nitrogens is 3. The summed E-state index contributed by atoms with van der Waals surface area (Å²) >= 11 is 0. The number of pyridine rings is 2. The first kappa shape index (κ1) is 27.1. The van der Waals surface area contributed by atoms with Gasteiger partial charge in [0.05, 0.1) is 16.5 Å². The number of amides is 2. The number of piperazine rings is 1. The number of anilines is 2. The van der Waals surface area contributed by atoms with Crippen molar-refractivity contribution in [3.8, 4) is 11.8 Å². The fourth-order valence-electron chi connectivity index (χ4n) is 4.36. The molecular formula is C28H25F4N7O. The smallest absolute Gasteiger partial charge is 0.346 e. The van der Waals surface area contributed by atoms with E-state index >= 15 is 0 Å². The van der Waals surface area contributed by atoms with E-state index in [9.17, 15) is 22.4 Å². The molecule has 0 saturated carbocycles. The highest BCUT2D eigenvalue weighted by Gasteiger charge is 2.34. The number of likely N-dealkylation sites (N-methyl/N-ethyl adjacent to an activating group) is 1. The number of rotatable bonds is 4. The third kappa shape index (κ3) is 6.39. The maximum absolute atomic E-state index is 14.6. The molecule has 5 rings (SSSR count). The van der Waals surface area contributed by atoms with Crippen molar-refractivity contribution in [1.82, 2.24) is 24.8 Å². The Kier molecular flexibility index (Phi) is 7.68. The van der Waals surface area contributed by atoms with Gasteiger partial charge in [0.2, 0.25) is 0 Å². The van der Waals surface area contributed by atoms with E-state index in [4.69, 9.17) is 0 Å². The number of alkyl halides is 3. The number of aromatic amines is 1. The number of carbonyl (C=O) groups is 1. The van der Waals surface area contributed by atoms with Gasteiger partial charge >= 0.3 is 12.2 Å². The van der Waals surface area contributed by atoms with Gasteiger partial charge in [0.25, 0.3) is 0 Å². The molecule has 1 fully saturated rings. The van der Waals surface area contributed by atoms with Crippen LogP contribution in [0.3, 0.4) is 0 Å². The van der Waals surface area contributed by atoms with E-state index in [-0.39, 0.29) is 29.2 Å². The van der Waals surface area contributed by atoms with Crippen molar-refractivity contribution in [2.75, 3.05) is 43.9 Å². The molecule has 4 heterocycles. The number of hydrogen-bond acceptors (Lipinski definition) is 5. The van der Waals surface area contributed by atoms with E-state index in [1.54, 1.807) is 18.3 Å². The van der Waals surface area contributed by atoms with Crippen LogP contribution >= 0.6 is 0 Å². The van der Waals surface area contributed by atoms with Crippen molar-refractivity contribution in [1.29, 1.82) is 0 Å². The molecule has 3 aromatic heterocycles. The Morgan fingerprint density at radius 1 is 1.05 bits per heavy atom. The molecular weight excluding hydrogens is 526 g/mol. The standard InChI is InChI=1S/C28H25F4N7O/c1-38-10-12-39(13-11-38)17-20-4-5-21(15-23(20)28(30,31)32)36-27(40)37-24-14-18(6-8-33-24)2-3-19-16-35-26-22(25(19)29)7-9-34-26/h4-9,14-16H,10-13,17H2,1H3,(H,34,35)(H2,33,36,37,40). The number of hydrogen-bond donors (Lipinski definition) is 3. The molecule has 0 bridgehead atoms. The summed E-state index contributed by atoms with van der Waals surface area (Å²) in [4.78, 5) is 27.7. The predicted octanol–water partition coefficient (Wildman–Crippen LogP) is 4.91. The molecule has 0 spiro atoms. The lowest BCUT2D eigenvalue weighted by molar-refractivity contribution is -0.138. The topological polar surface area (TPSA) is 89.2 Å². The fourth-order valence-corrected chi connectivity index (χ4v) is 4.36. The van der Waals surface area contributed by atoms with Gasteiger partial charge in [-0.2, -0.15) is 13.2 Å². The molecule has 2 amide bonds. The van der Waals surface area contributed by atoms with Crippen LogP contribution in [0.4, 0.5) is 33.9 Å². The van der Waals surface area contributed by atoms with Crippen molar-refractivity contribution in [3.63, 3.8) is 0 Å². The number of nitrogens with zero attached hydrogens (tertiary/aromatic N) is 4. The summed E-state index contributed by atoms with van der Waals surface area (Å²) in [5.74, 6) is 5.14. The van der Waals surface area contributed by atoms with Crippen LogP contribution in [0.25, 0.3) is 11.0 Å². The fraction of sp³-hybridized carbons (Fsp3) is 0.250. The summed E-state index contributed by atoms with van der Waals surface area (Å²) in [5.41, 5.74) is 0.305. The minimum Gasteiger partial charge on any atom is -0.346 e. The Hall–Kier alpha value is -4.47.